The average Bonchev–Trinajstić information content (AvgIpc) is 2.58. The molecule has 0 amide bonds. The molecule has 1 atom stereocenters. The molecular formula is C8H12N2OS. The van der Waals surface area contributed by atoms with Gasteiger partial charge in [-0.2, -0.15) is 0 Å². The molecule has 0 saturated heterocycles. The zero-order chi connectivity index (χ0) is 8.55. The van der Waals surface area contributed by atoms with E-state index in [4.69, 9.17) is 4.74 Å². The molecule has 0 unspecified atom stereocenters. The summed E-state index contributed by atoms with van der Waals surface area (Å²) in [5.41, 5.74) is 1.27. The highest BCUT2D eigenvalue weighted by Crippen LogP contribution is 2.20. The van der Waals surface area contributed by atoms with Crippen LogP contribution in [0.2, 0.25) is 0 Å². The van der Waals surface area contributed by atoms with Gasteiger partial charge in [0.2, 0.25) is 0 Å². The Bertz CT molecular complexity index is 249. The van der Waals surface area contributed by atoms with Crippen molar-refractivity contribution in [3.63, 3.8) is 0 Å². The van der Waals surface area contributed by atoms with Crippen molar-refractivity contribution in [3.05, 3.63) is 23.1 Å². The molecule has 66 valence electrons. The topological polar surface area (TPSA) is 24.5 Å². The molecule has 2 rings (SSSR count). The lowest BCUT2D eigenvalue weighted by Gasteiger charge is -2.13. The molecule has 0 fully saturated rings. The third-order valence-corrected chi connectivity index (χ3v) is 2.28. The van der Waals surface area contributed by atoms with Gasteiger partial charge >= 0.3 is 0 Å². The van der Waals surface area contributed by atoms with Crippen molar-refractivity contribution in [2.45, 2.75) is 13.0 Å². The minimum absolute atomic E-state index is 0.470. The zero-order valence-corrected chi connectivity index (χ0v) is 7.84. The predicted molar refractivity (Wildman–Crippen MR) is 50.4 cm³/mol. The lowest BCUT2D eigenvalue weighted by atomic mass is 10.3. The Kier molecular flexibility index (Phi) is 2.02. The maximum Gasteiger partial charge on any atom is 0.169 e. The maximum atomic E-state index is 5.20. The van der Waals surface area contributed by atoms with Gasteiger partial charge in [0.25, 0.3) is 0 Å². The summed E-state index contributed by atoms with van der Waals surface area (Å²) in [5, 5.41) is 4.01. The van der Waals surface area contributed by atoms with E-state index in [2.05, 4.69) is 35.8 Å². The van der Waals surface area contributed by atoms with Gasteiger partial charge in [0.1, 0.15) is 0 Å². The lowest BCUT2D eigenvalue weighted by molar-refractivity contribution is 0.189. The van der Waals surface area contributed by atoms with E-state index in [0.29, 0.717) is 17.9 Å². The summed E-state index contributed by atoms with van der Waals surface area (Å²) in [5.74, 6) is 0. The van der Waals surface area contributed by atoms with Gasteiger partial charge in [0.15, 0.2) is 11.8 Å². The normalized spacial score (nSPS) is 28.5. The standard InChI is InChI=1S/C8H12N2OS/c1-6-2-7(3-9-6)10-4-8(12)11-5-10/h2,4,6,9,12H,3,5H2,1H3/t6-/m1/s1. The molecule has 0 aromatic rings. The number of rotatable bonds is 1. The third kappa shape index (κ3) is 1.44. The molecule has 2 aliphatic rings. The highest BCUT2D eigenvalue weighted by Gasteiger charge is 2.19. The molecule has 2 aliphatic heterocycles. The van der Waals surface area contributed by atoms with Gasteiger partial charge in [0.05, 0.1) is 6.20 Å². The van der Waals surface area contributed by atoms with Gasteiger partial charge in [-0.25, -0.2) is 0 Å². The van der Waals surface area contributed by atoms with Crippen molar-refractivity contribution in [3.8, 4) is 0 Å². The monoisotopic (exact) mass is 184 g/mol. The molecule has 0 aromatic heterocycles. The molecule has 0 bridgehead atoms. The van der Waals surface area contributed by atoms with Crippen LogP contribution < -0.4 is 5.32 Å². The molecule has 0 saturated carbocycles. The van der Waals surface area contributed by atoms with Crippen LogP contribution >= 0.6 is 12.6 Å². The number of thiol groups is 1. The van der Waals surface area contributed by atoms with Crippen molar-refractivity contribution in [2.24, 2.45) is 0 Å². The molecule has 3 nitrogen and oxygen atoms in total. The molecule has 0 spiro atoms. The van der Waals surface area contributed by atoms with Crippen LogP contribution in [0.3, 0.4) is 0 Å². The van der Waals surface area contributed by atoms with E-state index in [-0.39, 0.29) is 0 Å². The first-order valence-corrected chi connectivity index (χ1v) is 4.45. The molecule has 1 N–H and O–H groups in total. The Morgan fingerprint density at radius 3 is 3.08 bits per heavy atom. The van der Waals surface area contributed by atoms with E-state index < -0.39 is 0 Å². The second-order valence-corrected chi connectivity index (χ2v) is 3.48. The van der Waals surface area contributed by atoms with E-state index in [9.17, 15) is 0 Å². The largest absolute Gasteiger partial charge is 0.465 e. The van der Waals surface area contributed by atoms with E-state index in [0.717, 1.165) is 6.54 Å². The quantitative estimate of drug-likeness (QED) is 0.592. The highest BCUT2D eigenvalue weighted by molar-refractivity contribution is 7.84. The highest BCUT2D eigenvalue weighted by atomic mass is 32.1. The summed E-state index contributed by atoms with van der Waals surface area (Å²) in [6, 6.07) is 0.470. The van der Waals surface area contributed by atoms with E-state index >= 15 is 0 Å². The van der Waals surface area contributed by atoms with Gasteiger partial charge in [0, 0.05) is 18.3 Å². The van der Waals surface area contributed by atoms with Crippen LogP contribution in [0.5, 0.6) is 0 Å². The first-order chi connectivity index (χ1) is 5.75. The molecule has 2 heterocycles. The first-order valence-electron chi connectivity index (χ1n) is 4.00. The van der Waals surface area contributed by atoms with E-state index in [1.807, 2.05) is 6.20 Å². The fourth-order valence-corrected chi connectivity index (χ4v) is 1.58. The van der Waals surface area contributed by atoms with Crippen LogP contribution in [-0.2, 0) is 4.74 Å². The minimum atomic E-state index is 0.470. The summed E-state index contributed by atoms with van der Waals surface area (Å²) in [7, 11) is 0. The second kappa shape index (κ2) is 3.03. The third-order valence-electron chi connectivity index (χ3n) is 2.03. The van der Waals surface area contributed by atoms with Crippen molar-refractivity contribution in [1.29, 1.82) is 0 Å². The van der Waals surface area contributed by atoms with Gasteiger partial charge in [-0.3, -0.25) is 0 Å². The number of nitrogens with zero attached hydrogens (tertiary/aromatic N) is 1. The van der Waals surface area contributed by atoms with E-state index in [1.54, 1.807) is 0 Å². The summed E-state index contributed by atoms with van der Waals surface area (Å²) in [6.45, 7) is 3.65. The number of nitrogens with one attached hydrogen (secondary N) is 1. The molecule has 0 radical (unpaired) electrons. The van der Waals surface area contributed by atoms with Crippen molar-refractivity contribution >= 4 is 12.6 Å². The van der Waals surface area contributed by atoms with Crippen molar-refractivity contribution in [2.75, 3.05) is 13.3 Å². The van der Waals surface area contributed by atoms with E-state index in [1.165, 1.54) is 5.70 Å². The van der Waals surface area contributed by atoms with Crippen molar-refractivity contribution in [1.82, 2.24) is 10.2 Å². The molecule has 4 heteroatoms. The summed E-state index contributed by atoms with van der Waals surface area (Å²) in [6.07, 6.45) is 4.11. The zero-order valence-electron chi connectivity index (χ0n) is 6.95. The van der Waals surface area contributed by atoms with Gasteiger partial charge < -0.3 is 15.0 Å². The fourth-order valence-electron chi connectivity index (χ4n) is 1.38. The number of ether oxygens (including phenoxy) is 1. The maximum absolute atomic E-state index is 5.20. The Hall–Kier alpha value is -0.610. The van der Waals surface area contributed by atoms with Crippen LogP contribution in [0.15, 0.2) is 23.1 Å². The first kappa shape index (κ1) is 8.01. The van der Waals surface area contributed by atoms with Crippen LogP contribution in [0.25, 0.3) is 0 Å². The molecule has 12 heavy (non-hydrogen) atoms. The van der Waals surface area contributed by atoms with Gasteiger partial charge in [-0.15, -0.1) is 12.6 Å². The van der Waals surface area contributed by atoms with Crippen LogP contribution in [-0.4, -0.2) is 24.2 Å². The average molecular weight is 184 g/mol. The van der Waals surface area contributed by atoms with Crippen LogP contribution in [0.4, 0.5) is 0 Å². The molecular weight excluding hydrogens is 172 g/mol. The summed E-state index contributed by atoms with van der Waals surface area (Å²) >= 11 is 4.12. The van der Waals surface area contributed by atoms with Crippen molar-refractivity contribution < 1.29 is 4.74 Å². The fraction of sp³-hybridized carbons (Fsp3) is 0.500. The summed E-state index contributed by atoms with van der Waals surface area (Å²) in [4.78, 5) is 2.07. The van der Waals surface area contributed by atoms with Gasteiger partial charge in [-0.1, -0.05) is 0 Å². The lowest BCUT2D eigenvalue weighted by Crippen LogP contribution is -2.22. The van der Waals surface area contributed by atoms with Gasteiger partial charge in [-0.05, 0) is 13.0 Å². The Morgan fingerprint density at radius 2 is 2.58 bits per heavy atom. The Labute approximate surface area is 77.5 Å². The summed E-state index contributed by atoms with van der Waals surface area (Å²) < 4.78 is 5.20. The SMILES string of the molecule is C[C@@H]1C=C(N2C=C(S)OC2)CN1. The predicted octanol–water partition coefficient (Wildman–Crippen LogP) is 0.880. The Morgan fingerprint density at radius 1 is 1.75 bits per heavy atom. The van der Waals surface area contributed by atoms with Crippen LogP contribution in [0.1, 0.15) is 6.92 Å². The molecule has 0 aliphatic carbocycles. The Balaban J connectivity index is 2.06. The second-order valence-electron chi connectivity index (χ2n) is 3.04. The molecule has 0 aromatic carbocycles. The number of hydrogen-bond donors (Lipinski definition) is 2. The minimum Gasteiger partial charge on any atom is -0.465 e. The smallest absolute Gasteiger partial charge is 0.169 e. The van der Waals surface area contributed by atoms with Crippen LogP contribution in [0, 0.1) is 0 Å². The number of hydrogen-bond acceptors (Lipinski definition) is 4.